The molecule has 1 rings (SSSR count). The summed E-state index contributed by atoms with van der Waals surface area (Å²) in [7, 11) is 0. The van der Waals surface area contributed by atoms with Crippen molar-refractivity contribution < 1.29 is 14.9 Å². The summed E-state index contributed by atoms with van der Waals surface area (Å²) < 4.78 is 0. The third-order valence-electron chi connectivity index (χ3n) is 2.06. The van der Waals surface area contributed by atoms with Gasteiger partial charge in [-0.05, 0) is 23.1 Å². The van der Waals surface area contributed by atoms with Gasteiger partial charge in [-0.15, -0.1) is 0 Å². The molecule has 0 unspecified atom stereocenters. The highest BCUT2D eigenvalue weighted by Crippen LogP contribution is 2.22. The second-order valence-electron chi connectivity index (χ2n) is 4.20. The van der Waals surface area contributed by atoms with Crippen LogP contribution in [0, 0.1) is 0 Å². The quantitative estimate of drug-likeness (QED) is 0.500. The summed E-state index contributed by atoms with van der Waals surface area (Å²) in [5.74, 6) is -0.842. The predicted octanol–water partition coefficient (Wildman–Crippen LogP) is 1.42. The second kappa shape index (κ2) is 3.80. The minimum absolute atomic E-state index is 0.0416. The van der Waals surface area contributed by atoms with Crippen molar-refractivity contribution in [2.75, 3.05) is 0 Å². The maximum absolute atomic E-state index is 10.8. The summed E-state index contributed by atoms with van der Waals surface area (Å²) in [5.41, 5.74) is 1.44. The van der Waals surface area contributed by atoms with Crippen LogP contribution in [0.3, 0.4) is 0 Å². The Morgan fingerprint density at radius 3 is 2.07 bits per heavy atom. The second-order valence-corrected chi connectivity index (χ2v) is 4.20. The summed E-state index contributed by atoms with van der Waals surface area (Å²) >= 11 is 0. The van der Waals surface area contributed by atoms with E-state index in [0.717, 1.165) is 5.56 Å². The van der Waals surface area contributed by atoms with Crippen LogP contribution in [-0.2, 0) is 10.3 Å². The SMILES string of the molecule is CC(C)(C)c1ccc(C(=O)O[O-])cc1. The molecule has 3 nitrogen and oxygen atoms in total. The van der Waals surface area contributed by atoms with Crippen molar-refractivity contribution in [2.24, 2.45) is 0 Å². The highest BCUT2D eigenvalue weighted by atomic mass is 17.1. The minimum Gasteiger partial charge on any atom is -0.661 e. The van der Waals surface area contributed by atoms with E-state index in [2.05, 4.69) is 25.7 Å². The Morgan fingerprint density at radius 1 is 1.21 bits per heavy atom. The van der Waals surface area contributed by atoms with Crippen LogP contribution in [0.2, 0.25) is 0 Å². The normalized spacial score (nSPS) is 11.1. The van der Waals surface area contributed by atoms with E-state index in [0.29, 0.717) is 0 Å². The smallest absolute Gasteiger partial charge is 0.332 e. The highest BCUT2D eigenvalue weighted by molar-refractivity contribution is 5.88. The van der Waals surface area contributed by atoms with E-state index < -0.39 is 5.97 Å². The van der Waals surface area contributed by atoms with Crippen molar-refractivity contribution in [1.29, 1.82) is 0 Å². The van der Waals surface area contributed by atoms with Gasteiger partial charge in [-0.3, -0.25) is 0 Å². The molecule has 0 aliphatic heterocycles. The Morgan fingerprint density at radius 2 is 1.71 bits per heavy atom. The number of benzene rings is 1. The van der Waals surface area contributed by atoms with E-state index >= 15 is 0 Å². The first kappa shape index (κ1) is 10.7. The number of hydrogen-bond acceptors (Lipinski definition) is 3. The fourth-order valence-electron chi connectivity index (χ4n) is 1.15. The first-order valence-electron chi connectivity index (χ1n) is 4.40. The Hall–Kier alpha value is -1.35. The van der Waals surface area contributed by atoms with Crippen LogP contribution in [0.25, 0.3) is 0 Å². The lowest BCUT2D eigenvalue weighted by Crippen LogP contribution is -2.15. The van der Waals surface area contributed by atoms with Crippen molar-refractivity contribution in [1.82, 2.24) is 0 Å². The molecule has 0 heterocycles. The van der Waals surface area contributed by atoms with Gasteiger partial charge < -0.3 is 10.1 Å². The molecule has 0 aromatic heterocycles. The van der Waals surface area contributed by atoms with Gasteiger partial charge in [0.15, 0.2) is 0 Å². The van der Waals surface area contributed by atoms with Gasteiger partial charge >= 0.3 is 5.97 Å². The van der Waals surface area contributed by atoms with E-state index in [1.54, 1.807) is 12.1 Å². The minimum atomic E-state index is -0.842. The highest BCUT2D eigenvalue weighted by Gasteiger charge is 2.13. The molecule has 0 aliphatic rings. The number of hydrogen-bond donors (Lipinski definition) is 0. The molecule has 76 valence electrons. The third kappa shape index (κ3) is 2.33. The first-order chi connectivity index (χ1) is 6.45. The molecule has 0 aliphatic carbocycles. The van der Waals surface area contributed by atoms with Crippen molar-refractivity contribution in [3.05, 3.63) is 35.4 Å². The van der Waals surface area contributed by atoms with Crippen LogP contribution in [-0.4, -0.2) is 5.97 Å². The predicted molar refractivity (Wildman–Crippen MR) is 50.6 cm³/mol. The van der Waals surface area contributed by atoms with Crippen molar-refractivity contribution in [3.63, 3.8) is 0 Å². The van der Waals surface area contributed by atoms with Gasteiger partial charge in [0.25, 0.3) is 0 Å². The molecule has 3 heteroatoms. The van der Waals surface area contributed by atoms with Crippen LogP contribution < -0.4 is 5.26 Å². The van der Waals surface area contributed by atoms with E-state index in [4.69, 9.17) is 0 Å². The maximum atomic E-state index is 10.8. The molecule has 0 saturated heterocycles. The largest absolute Gasteiger partial charge is 0.661 e. The Balaban J connectivity index is 2.95. The van der Waals surface area contributed by atoms with Crippen LogP contribution in [0.1, 0.15) is 36.7 Å². The van der Waals surface area contributed by atoms with Crippen LogP contribution in [0.4, 0.5) is 0 Å². The molecule has 0 N–H and O–H groups in total. The van der Waals surface area contributed by atoms with Crippen molar-refractivity contribution in [3.8, 4) is 0 Å². The molecule has 0 spiro atoms. The number of carbonyl (C=O) groups is 1. The lowest BCUT2D eigenvalue weighted by molar-refractivity contribution is -0.653. The number of rotatable bonds is 1. The standard InChI is InChI=1S/C11H14O3/c1-11(2,3)9-6-4-8(5-7-9)10(12)14-13/h4-7,13H,1-3H3/p-1. The maximum Gasteiger partial charge on any atom is 0.332 e. The van der Waals surface area contributed by atoms with Crippen LogP contribution >= 0.6 is 0 Å². The lowest BCUT2D eigenvalue weighted by Gasteiger charge is -2.19. The Bertz CT molecular complexity index is 319. The molecule has 0 fully saturated rings. The topological polar surface area (TPSA) is 49.4 Å². The molecular weight excluding hydrogens is 180 g/mol. The van der Waals surface area contributed by atoms with Crippen LogP contribution in [0.5, 0.6) is 0 Å². The van der Waals surface area contributed by atoms with E-state index in [1.807, 2.05) is 12.1 Å². The Kier molecular flexibility index (Phi) is 2.91. The molecule has 0 bridgehead atoms. The zero-order chi connectivity index (χ0) is 10.8. The zero-order valence-corrected chi connectivity index (χ0v) is 8.53. The molecule has 0 saturated carbocycles. The fourth-order valence-corrected chi connectivity index (χ4v) is 1.15. The van der Waals surface area contributed by atoms with Crippen molar-refractivity contribution >= 4 is 5.97 Å². The third-order valence-corrected chi connectivity index (χ3v) is 2.06. The zero-order valence-electron chi connectivity index (χ0n) is 8.53. The van der Waals surface area contributed by atoms with Crippen molar-refractivity contribution in [2.45, 2.75) is 26.2 Å². The van der Waals surface area contributed by atoms with E-state index in [9.17, 15) is 10.1 Å². The summed E-state index contributed by atoms with van der Waals surface area (Å²) in [4.78, 5) is 14.2. The molecule has 0 atom stereocenters. The average molecular weight is 193 g/mol. The van der Waals surface area contributed by atoms with Gasteiger partial charge in [-0.25, -0.2) is 4.79 Å². The summed E-state index contributed by atoms with van der Waals surface area (Å²) in [6.07, 6.45) is 0. The summed E-state index contributed by atoms with van der Waals surface area (Å²) in [5, 5.41) is 9.86. The van der Waals surface area contributed by atoms with Crippen LogP contribution in [0.15, 0.2) is 24.3 Å². The molecule has 1 aromatic rings. The van der Waals surface area contributed by atoms with Gasteiger partial charge in [0.2, 0.25) is 0 Å². The van der Waals surface area contributed by atoms with Gasteiger partial charge in [0.05, 0.1) is 5.56 Å². The average Bonchev–Trinajstić information content (AvgIpc) is 2.15. The number of carbonyl (C=O) groups excluding carboxylic acids is 1. The van der Waals surface area contributed by atoms with E-state index in [1.165, 1.54) is 0 Å². The van der Waals surface area contributed by atoms with Gasteiger partial charge in [-0.1, -0.05) is 32.9 Å². The molecule has 0 radical (unpaired) electrons. The molecule has 14 heavy (non-hydrogen) atoms. The van der Waals surface area contributed by atoms with Gasteiger partial charge in [0.1, 0.15) is 0 Å². The summed E-state index contributed by atoms with van der Waals surface area (Å²) in [6.45, 7) is 6.23. The molecular formula is C11H13O3-. The molecule has 0 amide bonds. The Labute approximate surface area is 83.3 Å². The summed E-state index contributed by atoms with van der Waals surface area (Å²) in [6, 6.07) is 6.85. The lowest BCUT2D eigenvalue weighted by atomic mass is 9.87. The molecule has 1 aromatic carbocycles. The fraction of sp³-hybridized carbons (Fsp3) is 0.364. The van der Waals surface area contributed by atoms with Gasteiger partial charge in [0, 0.05) is 0 Å². The first-order valence-corrected chi connectivity index (χ1v) is 4.40. The van der Waals surface area contributed by atoms with Gasteiger partial charge in [-0.2, -0.15) is 0 Å². The monoisotopic (exact) mass is 193 g/mol. The van der Waals surface area contributed by atoms with E-state index in [-0.39, 0.29) is 11.0 Å².